The number of hydrogen-bond acceptors (Lipinski definition) is 30. The van der Waals surface area contributed by atoms with Gasteiger partial charge in [0.25, 0.3) is 70.9 Å². The molecule has 0 saturated heterocycles. The van der Waals surface area contributed by atoms with Crippen molar-refractivity contribution in [3.8, 4) is 103 Å². The molecule has 9 aliphatic rings. The molecule has 36 nitrogen and oxygen atoms in total. The van der Waals surface area contributed by atoms with Crippen molar-refractivity contribution in [3.05, 3.63) is 397 Å². The first kappa shape index (κ1) is 87.5. The highest BCUT2D eigenvalue weighted by Gasteiger charge is 2.45. The van der Waals surface area contributed by atoms with Crippen LogP contribution in [0.1, 0.15) is 192 Å². The summed E-state index contributed by atoms with van der Waals surface area (Å²) in [6.45, 7) is 1.87. The predicted molar refractivity (Wildman–Crippen MR) is 503 cm³/mol. The summed E-state index contributed by atoms with van der Waals surface area (Å²) in [7, 11) is 1.33. The van der Waals surface area contributed by atoms with Gasteiger partial charge in [0.2, 0.25) is 0 Å². The zero-order chi connectivity index (χ0) is 101. The number of rotatable bonds is 23. The molecule has 0 N–H and O–H groups in total. The first-order chi connectivity index (χ1) is 70.5. The highest BCUT2D eigenvalue weighted by Crippen LogP contribution is 2.47. The van der Waals surface area contributed by atoms with Crippen LogP contribution in [0, 0.1) is 6.92 Å². The number of cyclic esters (lactones) is 6. The zero-order valence-electron chi connectivity index (χ0n) is 74.6. The van der Waals surface area contributed by atoms with Crippen LogP contribution in [0.15, 0.2) is 291 Å². The largest absolute Gasteiger partial charge is 0.457 e. The number of ether oxygens (including phenoxy) is 12. The Bertz CT molecular complexity index is 8530. The van der Waals surface area contributed by atoms with Gasteiger partial charge in [0.05, 0.1) is 129 Å². The van der Waals surface area contributed by atoms with E-state index in [2.05, 4.69) is 0 Å². The van der Waals surface area contributed by atoms with Crippen LogP contribution in [-0.4, -0.2) is 119 Å². The van der Waals surface area contributed by atoms with E-state index in [0.29, 0.717) is 5.69 Å². The Morgan fingerprint density at radius 3 is 0.493 bits per heavy atom. The minimum Gasteiger partial charge on any atom is -0.457 e. The number of benzene rings is 15. The number of amides is 12. The van der Waals surface area contributed by atoms with Crippen LogP contribution in [0.5, 0.6) is 103 Å². The molecule has 0 aliphatic carbocycles. The van der Waals surface area contributed by atoms with E-state index < -0.39 is 107 Å². The second kappa shape index (κ2) is 33.3. The maximum Gasteiger partial charge on any atom is 0.347 e. The van der Waals surface area contributed by atoms with E-state index in [4.69, 9.17) is 56.8 Å². The average molecular weight is 1940 g/mol. The van der Waals surface area contributed by atoms with Gasteiger partial charge < -0.3 is 56.8 Å². The SMILES string of the molecule is Cc1ccc(N2C(=O)c3ccc(Oc4cc(Oc5ccc6c(c5)C(=O)OC6=O)cc(Oc5ccc6c(c5)C(=O)N(c5ccc(N7C(=O)c8ccc(Oc9cc(Oc%10ccc%11c(c%10)C(=O)N(C)C%11=O)cc(Oc%10ccc%11c(c%10)C(=O)N(c%10ccc(N%12C(=O)c%13ccc(Oc%14cc(Oc%15ccc%16c(c%15)C(=O)OC%16=O)cc(Oc%15ccc%16c(c%15)C(=O)OC%16=O)c%14)cc%13C%12=O)cc%10)C%11=O)c9)cc8C7=O)cc5)C6=O)c4)cc3C2=O)cc1. The quantitative estimate of drug-likeness (QED) is 0.0248. The molecule has 0 atom stereocenters. The Hall–Kier alpha value is -21.2. The summed E-state index contributed by atoms with van der Waals surface area (Å²) in [5, 5.41) is 0. The summed E-state index contributed by atoms with van der Waals surface area (Å²) in [4.78, 5) is 249. The van der Waals surface area contributed by atoms with Gasteiger partial charge >= 0.3 is 35.8 Å². The number of esters is 6. The fourth-order valence-corrected chi connectivity index (χ4v) is 18.0. The molecule has 0 unspecified atom stereocenters. The summed E-state index contributed by atoms with van der Waals surface area (Å²) < 4.78 is 70.8. The number of nitrogens with zero attached hydrogens (tertiary/aromatic N) is 6. The lowest BCUT2D eigenvalue weighted by atomic mass is 10.1. The van der Waals surface area contributed by atoms with E-state index in [1.165, 1.54) is 274 Å². The molecule has 0 bridgehead atoms. The van der Waals surface area contributed by atoms with Crippen LogP contribution < -0.4 is 67.1 Å². The smallest absolute Gasteiger partial charge is 0.347 e. The molecule has 36 heteroatoms. The minimum atomic E-state index is -0.879. The summed E-state index contributed by atoms with van der Waals surface area (Å²) in [5.74, 6) is -12.3. The van der Waals surface area contributed by atoms with Crippen LogP contribution in [0.25, 0.3) is 0 Å². The van der Waals surface area contributed by atoms with Crippen LogP contribution in [0.2, 0.25) is 0 Å². The van der Waals surface area contributed by atoms with Crippen molar-refractivity contribution in [1.82, 2.24) is 4.90 Å². The average Bonchev–Trinajstić information content (AvgIpc) is 1.62. The van der Waals surface area contributed by atoms with E-state index in [9.17, 15) is 86.3 Å². The van der Waals surface area contributed by atoms with Crippen molar-refractivity contribution in [2.75, 3.05) is 31.5 Å². The minimum absolute atomic E-state index is 0.000396. The van der Waals surface area contributed by atoms with Crippen LogP contribution in [0.3, 0.4) is 0 Å². The summed E-state index contributed by atoms with van der Waals surface area (Å²) in [5.41, 5.74) is 1.51. The number of aryl methyl sites for hydroxylation is 1. The molecule has 0 aromatic heterocycles. The third-order valence-corrected chi connectivity index (χ3v) is 24.9. The molecular weight excluding hydrogens is 1890 g/mol. The van der Waals surface area contributed by atoms with Gasteiger partial charge in [-0.05, 0) is 231 Å². The van der Waals surface area contributed by atoms with Gasteiger partial charge in [-0.15, -0.1) is 0 Å². The van der Waals surface area contributed by atoms with E-state index in [1.807, 2.05) is 6.92 Å². The molecule has 24 rings (SSSR count). The Labute approximate surface area is 817 Å². The Balaban J connectivity index is 0.451. The monoisotopic (exact) mass is 1940 g/mol. The number of carbonyl (C=O) groups is 18. The normalized spacial score (nSPS) is 14.8. The third kappa shape index (κ3) is 14.9. The second-order valence-electron chi connectivity index (χ2n) is 34.0. The van der Waals surface area contributed by atoms with Gasteiger partial charge in [0.1, 0.15) is 103 Å². The molecule has 9 heterocycles. The first-order valence-corrected chi connectivity index (χ1v) is 44.1. The third-order valence-electron chi connectivity index (χ3n) is 24.9. The molecule has 15 aromatic carbocycles. The molecule has 704 valence electrons. The molecule has 146 heavy (non-hydrogen) atoms. The summed E-state index contributed by atoms with van der Waals surface area (Å²) >= 11 is 0. The fraction of sp³-hybridized carbons (Fsp3) is 0.0182. The number of imide groups is 6. The molecule has 0 radical (unpaired) electrons. The highest BCUT2D eigenvalue weighted by molar-refractivity contribution is 6.39. The molecule has 15 aromatic rings. The zero-order valence-corrected chi connectivity index (χ0v) is 74.6. The van der Waals surface area contributed by atoms with Crippen molar-refractivity contribution in [2.45, 2.75) is 6.92 Å². The molecule has 0 spiro atoms. The van der Waals surface area contributed by atoms with Gasteiger partial charge in [-0.1, -0.05) is 17.7 Å². The van der Waals surface area contributed by atoms with Crippen molar-refractivity contribution in [2.24, 2.45) is 0 Å². The van der Waals surface area contributed by atoms with Crippen LogP contribution in [0.4, 0.5) is 28.4 Å². The van der Waals surface area contributed by atoms with Crippen LogP contribution >= 0.6 is 0 Å². The fourth-order valence-electron chi connectivity index (χ4n) is 18.0. The number of fused-ring (bicyclic) bond motifs is 9. The first-order valence-electron chi connectivity index (χ1n) is 44.1. The molecular formula is C110H54N6O30. The lowest BCUT2D eigenvalue weighted by Crippen LogP contribution is -2.30. The topological polar surface area (TPSA) is 437 Å². The van der Waals surface area contributed by atoms with Crippen molar-refractivity contribution in [1.29, 1.82) is 0 Å². The molecule has 0 saturated carbocycles. The Morgan fingerprint density at radius 1 is 0.151 bits per heavy atom. The van der Waals surface area contributed by atoms with Gasteiger partial charge in [-0.3, -0.25) is 62.4 Å². The molecule has 12 amide bonds. The van der Waals surface area contributed by atoms with Gasteiger partial charge in [-0.25, -0.2) is 53.3 Å². The lowest BCUT2D eigenvalue weighted by molar-refractivity contribution is 0.0425. The number of carbonyl (C=O) groups excluding carboxylic acids is 18. The predicted octanol–water partition coefficient (Wildman–Crippen LogP) is 19.3. The maximum absolute atomic E-state index is 14.6. The van der Waals surface area contributed by atoms with E-state index >= 15 is 0 Å². The number of hydrogen-bond donors (Lipinski definition) is 0. The molecule has 0 fully saturated rings. The Kier molecular flexibility index (Phi) is 19.9. The number of anilines is 5. The van der Waals surface area contributed by atoms with Gasteiger partial charge in [0, 0.05) is 61.6 Å². The van der Waals surface area contributed by atoms with Gasteiger partial charge in [0.15, 0.2) is 0 Å². The summed E-state index contributed by atoms with van der Waals surface area (Å²) in [6, 6.07) is 68.3. The van der Waals surface area contributed by atoms with Gasteiger partial charge in [-0.2, -0.15) is 0 Å². The second-order valence-corrected chi connectivity index (χ2v) is 34.0. The van der Waals surface area contributed by atoms with E-state index in [0.717, 1.165) is 35.0 Å². The van der Waals surface area contributed by atoms with Crippen molar-refractivity contribution in [3.63, 3.8) is 0 Å². The highest BCUT2D eigenvalue weighted by atomic mass is 16.6. The maximum atomic E-state index is 14.6. The lowest BCUT2D eigenvalue weighted by Gasteiger charge is -2.17. The van der Waals surface area contributed by atoms with E-state index in [1.54, 1.807) is 24.3 Å². The standard InChI is InChI=1S/C110H54N6O30/c1-51-3-5-52(6-4-51)112-95(119)76-25-16-58(43-85(76)100(112)124)138-69-36-70(38-72(37-69)141-63-21-30-81-90(48-63)108(132)144-105(81)129)139-61-19-28-79-88(46-61)103(127)115(98(79)122)55-11-7-53(8-12-55)113-96(120)77-26-17-59(44-86(77)101(113)125)136-67-33-66(135-57-15-24-75-84(42-57)94(118)111(2)93(75)117)34-68(35-67)137-60-18-27-78-87(45-60)102(126)114(97(78)121)54-9-13-56(14-10-54)116-99(123)80-29-20-62(47-89(80)104(116)128)140-71-39-73(142-64-22-31-82-91(49-64)109(133)145-106(82)130)41-74(40-71)143-65-23-32-83-92(50-65)110(134)146-107(83)131/h3-50H,1-2H3. The Morgan fingerprint density at radius 2 is 0.295 bits per heavy atom. The molecule has 9 aliphatic heterocycles. The summed E-state index contributed by atoms with van der Waals surface area (Å²) in [6.07, 6.45) is 0. The van der Waals surface area contributed by atoms with Crippen molar-refractivity contribution < 1.29 is 143 Å². The van der Waals surface area contributed by atoms with Crippen LogP contribution in [-0.2, 0) is 14.2 Å². The van der Waals surface area contributed by atoms with Crippen molar-refractivity contribution >= 4 is 135 Å². The van der Waals surface area contributed by atoms with E-state index in [-0.39, 0.29) is 226 Å².